The van der Waals surface area contributed by atoms with Crippen molar-refractivity contribution in [2.75, 3.05) is 17.2 Å². The molecule has 0 saturated carbocycles. The van der Waals surface area contributed by atoms with Crippen molar-refractivity contribution in [3.63, 3.8) is 0 Å². The van der Waals surface area contributed by atoms with Crippen LogP contribution in [0.5, 0.6) is 0 Å². The summed E-state index contributed by atoms with van der Waals surface area (Å²) in [6.45, 7) is 0. The van der Waals surface area contributed by atoms with E-state index in [4.69, 9.17) is 27.2 Å². The zero-order chi connectivity index (χ0) is 9.30. The number of hydrogen-bond acceptors (Lipinski definition) is 5. The minimum absolute atomic E-state index is 0.116. The Labute approximate surface area is 69.9 Å². The molecule has 0 radical (unpaired) electrons. The molecule has 5 nitrogen and oxygen atoms in total. The minimum Gasteiger partial charge on any atom is -0.423 e. The molecule has 0 aliphatic rings. The second-order valence-electron chi connectivity index (χ2n) is 2.45. The molecule has 12 heavy (non-hydrogen) atoms. The number of benzene rings is 1. The van der Waals surface area contributed by atoms with E-state index in [0.717, 1.165) is 0 Å². The lowest BCUT2D eigenvalue weighted by molar-refractivity contribution is 0.426. The summed E-state index contributed by atoms with van der Waals surface area (Å²) < 4.78 is 0. The van der Waals surface area contributed by atoms with Crippen molar-refractivity contribution in [3.05, 3.63) is 12.1 Å². The Morgan fingerprint density at radius 2 is 1.58 bits per heavy atom. The molecule has 1 aromatic carbocycles. The maximum atomic E-state index is 8.80. The Balaban J connectivity index is 3.27. The first-order chi connectivity index (χ1) is 5.54. The van der Waals surface area contributed by atoms with Crippen molar-refractivity contribution in [1.82, 2.24) is 0 Å². The van der Waals surface area contributed by atoms with Crippen LogP contribution in [0.4, 0.5) is 17.1 Å². The lowest BCUT2D eigenvalue weighted by atomic mass is 9.78. The molecule has 1 aromatic rings. The lowest BCUT2D eigenvalue weighted by Crippen LogP contribution is -2.33. The highest BCUT2D eigenvalue weighted by atomic mass is 16.4. The summed E-state index contributed by atoms with van der Waals surface area (Å²) in [5, 5.41) is 17.6. The Bertz CT molecular complexity index is 303. The van der Waals surface area contributed by atoms with Crippen LogP contribution in [0.25, 0.3) is 0 Å². The molecule has 0 heterocycles. The van der Waals surface area contributed by atoms with Crippen molar-refractivity contribution < 1.29 is 10.0 Å². The van der Waals surface area contributed by atoms with Gasteiger partial charge in [0.25, 0.3) is 0 Å². The van der Waals surface area contributed by atoms with Crippen molar-refractivity contribution in [3.8, 4) is 0 Å². The topological polar surface area (TPSA) is 119 Å². The summed E-state index contributed by atoms with van der Waals surface area (Å²) in [6, 6.07) is 2.90. The fourth-order valence-corrected chi connectivity index (χ4v) is 0.895. The van der Waals surface area contributed by atoms with Crippen LogP contribution in [0.3, 0.4) is 0 Å². The first-order valence-electron chi connectivity index (χ1n) is 3.33. The van der Waals surface area contributed by atoms with E-state index in [2.05, 4.69) is 0 Å². The van der Waals surface area contributed by atoms with Crippen LogP contribution in [0, 0.1) is 0 Å². The predicted molar refractivity (Wildman–Crippen MR) is 49.5 cm³/mol. The summed E-state index contributed by atoms with van der Waals surface area (Å²) in [7, 11) is -1.62. The smallest absolute Gasteiger partial charge is 0.423 e. The molecule has 6 heteroatoms. The van der Waals surface area contributed by atoms with E-state index in [1.165, 1.54) is 12.1 Å². The highest BCUT2D eigenvalue weighted by Crippen LogP contribution is 2.19. The first kappa shape index (κ1) is 8.70. The van der Waals surface area contributed by atoms with Crippen LogP contribution in [0.1, 0.15) is 0 Å². The van der Waals surface area contributed by atoms with Crippen molar-refractivity contribution in [2.45, 2.75) is 0 Å². The molecule has 8 N–H and O–H groups in total. The summed E-state index contributed by atoms with van der Waals surface area (Å²) in [6.07, 6.45) is 0. The van der Waals surface area contributed by atoms with Crippen molar-refractivity contribution in [1.29, 1.82) is 0 Å². The number of anilines is 3. The molecule has 0 atom stereocenters. The number of hydrogen-bond donors (Lipinski definition) is 5. The maximum Gasteiger partial charge on any atom is 0.490 e. The SMILES string of the molecule is Nc1ccc(B(O)O)c(N)c1N. The zero-order valence-corrected chi connectivity index (χ0v) is 6.36. The molecule has 0 spiro atoms. The molecule has 0 aliphatic heterocycles. The summed E-state index contributed by atoms with van der Waals surface area (Å²) in [5.74, 6) is 0. The van der Waals surface area contributed by atoms with Gasteiger partial charge in [0.2, 0.25) is 0 Å². The summed E-state index contributed by atoms with van der Waals surface area (Å²) in [4.78, 5) is 0. The molecule has 0 aliphatic carbocycles. The summed E-state index contributed by atoms with van der Waals surface area (Å²) >= 11 is 0. The van der Waals surface area contributed by atoms with Gasteiger partial charge >= 0.3 is 7.12 Å². The number of nitrogen functional groups attached to an aromatic ring is 3. The summed E-state index contributed by atoms with van der Waals surface area (Å²) in [5.41, 5.74) is 17.1. The standard InChI is InChI=1S/C6H10BN3O2/c8-4-2-1-3(7(11)12)5(9)6(4)10/h1-2,11-12H,8-10H2. The minimum atomic E-state index is -1.62. The molecule has 64 valence electrons. The van der Waals surface area contributed by atoms with Gasteiger partial charge < -0.3 is 27.2 Å². The Kier molecular flexibility index (Phi) is 2.12. The van der Waals surface area contributed by atoms with Gasteiger partial charge in [0.1, 0.15) is 0 Å². The molecule has 1 rings (SSSR count). The largest absolute Gasteiger partial charge is 0.490 e. The number of rotatable bonds is 1. The van der Waals surface area contributed by atoms with Gasteiger partial charge in [-0.15, -0.1) is 0 Å². The third kappa shape index (κ3) is 1.29. The van der Waals surface area contributed by atoms with Gasteiger partial charge in [0.15, 0.2) is 0 Å². The second kappa shape index (κ2) is 2.92. The van der Waals surface area contributed by atoms with Gasteiger partial charge in [-0.05, 0) is 6.07 Å². The van der Waals surface area contributed by atoms with E-state index in [1.807, 2.05) is 0 Å². The van der Waals surface area contributed by atoms with Crippen LogP contribution in [0.2, 0.25) is 0 Å². The molecule has 0 amide bonds. The molecule has 0 unspecified atom stereocenters. The van der Waals surface area contributed by atoms with Gasteiger partial charge in [-0.1, -0.05) is 6.07 Å². The lowest BCUT2D eigenvalue weighted by Gasteiger charge is -2.08. The van der Waals surface area contributed by atoms with E-state index >= 15 is 0 Å². The monoisotopic (exact) mass is 167 g/mol. The molecule has 0 bridgehead atoms. The molecule has 0 fully saturated rings. The zero-order valence-electron chi connectivity index (χ0n) is 6.36. The second-order valence-corrected chi connectivity index (χ2v) is 2.45. The first-order valence-corrected chi connectivity index (χ1v) is 3.33. The van der Waals surface area contributed by atoms with E-state index in [0.29, 0.717) is 5.69 Å². The normalized spacial score (nSPS) is 9.83. The van der Waals surface area contributed by atoms with Crippen LogP contribution < -0.4 is 22.7 Å². The van der Waals surface area contributed by atoms with Crippen molar-refractivity contribution in [2.24, 2.45) is 0 Å². The van der Waals surface area contributed by atoms with E-state index in [9.17, 15) is 0 Å². The van der Waals surface area contributed by atoms with Gasteiger partial charge in [-0.3, -0.25) is 0 Å². The average Bonchev–Trinajstić information content (AvgIpc) is 2.00. The Morgan fingerprint density at radius 1 is 1.00 bits per heavy atom. The average molecular weight is 167 g/mol. The van der Waals surface area contributed by atoms with Gasteiger partial charge in [-0.25, -0.2) is 0 Å². The quantitative estimate of drug-likeness (QED) is 0.247. The number of nitrogens with two attached hydrogens (primary N) is 3. The molecule has 0 aromatic heterocycles. The van der Waals surface area contributed by atoms with Gasteiger partial charge in [0.05, 0.1) is 17.1 Å². The van der Waals surface area contributed by atoms with Crippen LogP contribution in [0.15, 0.2) is 12.1 Å². The van der Waals surface area contributed by atoms with Crippen LogP contribution >= 0.6 is 0 Å². The third-order valence-electron chi connectivity index (χ3n) is 1.63. The van der Waals surface area contributed by atoms with Gasteiger partial charge in [0, 0.05) is 5.46 Å². The fraction of sp³-hybridized carbons (Fsp3) is 0. The third-order valence-corrected chi connectivity index (χ3v) is 1.63. The fourth-order valence-electron chi connectivity index (χ4n) is 0.895. The molecule has 0 saturated heterocycles. The molecular weight excluding hydrogens is 157 g/mol. The van der Waals surface area contributed by atoms with Crippen LogP contribution in [-0.2, 0) is 0 Å². The predicted octanol–water partition coefficient (Wildman–Crippen LogP) is -1.89. The van der Waals surface area contributed by atoms with E-state index in [1.54, 1.807) is 0 Å². The van der Waals surface area contributed by atoms with Gasteiger partial charge in [-0.2, -0.15) is 0 Å². The maximum absolute atomic E-state index is 8.80. The molecular formula is C6H10BN3O2. The Hall–Kier alpha value is -1.40. The van der Waals surface area contributed by atoms with Crippen molar-refractivity contribution >= 4 is 29.6 Å². The van der Waals surface area contributed by atoms with Crippen LogP contribution in [-0.4, -0.2) is 17.2 Å². The van der Waals surface area contributed by atoms with E-state index in [-0.39, 0.29) is 16.8 Å². The highest BCUT2D eigenvalue weighted by molar-refractivity contribution is 6.60. The Morgan fingerprint density at radius 3 is 2.08 bits per heavy atom. The highest BCUT2D eigenvalue weighted by Gasteiger charge is 2.16. The van der Waals surface area contributed by atoms with E-state index < -0.39 is 7.12 Å².